The van der Waals surface area contributed by atoms with Crippen LogP contribution >= 0.6 is 0 Å². The number of benzene rings is 1. The predicted octanol–water partition coefficient (Wildman–Crippen LogP) is 2.43. The van der Waals surface area contributed by atoms with Crippen LogP contribution in [0.15, 0.2) is 24.3 Å². The lowest BCUT2D eigenvalue weighted by Crippen LogP contribution is -2.43. The quantitative estimate of drug-likeness (QED) is 0.885. The van der Waals surface area contributed by atoms with Gasteiger partial charge in [0.15, 0.2) is 0 Å². The minimum Gasteiger partial charge on any atom is -0.494 e. The second-order valence-corrected chi connectivity index (χ2v) is 6.66. The third-order valence-corrected chi connectivity index (χ3v) is 5.14. The van der Waals surface area contributed by atoms with E-state index >= 15 is 0 Å². The smallest absolute Gasteiger partial charge is 0.309 e. The Morgan fingerprint density at radius 1 is 1.28 bits per heavy atom. The molecule has 6 nitrogen and oxygen atoms in total. The lowest BCUT2D eigenvalue weighted by Gasteiger charge is -2.35. The van der Waals surface area contributed by atoms with Gasteiger partial charge in [0.05, 0.1) is 18.6 Å². The fourth-order valence-corrected chi connectivity index (χ4v) is 3.84. The maximum absolute atomic E-state index is 12.7. The van der Waals surface area contributed by atoms with E-state index in [2.05, 4.69) is 0 Å². The summed E-state index contributed by atoms with van der Waals surface area (Å²) in [6, 6.07) is 7.25. The zero-order chi connectivity index (χ0) is 17.8. The Hall–Kier alpha value is -2.08. The van der Waals surface area contributed by atoms with Crippen LogP contribution in [0.3, 0.4) is 0 Å². The van der Waals surface area contributed by atoms with Gasteiger partial charge in [0.1, 0.15) is 5.75 Å². The molecule has 1 aromatic rings. The summed E-state index contributed by atoms with van der Waals surface area (Å²) in [6.45, 7) is 4.26. The van der Waals surface area contributed by atoms with Gasteiger partial charge >= 0.3 is 5.97 Å². The van der Waals surface area contributed by atoms with Crippen molar-refractivity contribution >= 4 is 11.9 Å². The second kappa shape index (κ2) is 7.87. The number of ether oxygens (including phenoxy) is 2. The van der Waals surface area contributed by atoms with Crippen LogP contribution in [0, 0.1) is 11.8 Å². The van der Waals surface area contributed by atoms with Crippen molar-refractivity contribution < 1.29 is 24.2 Å². The average molecular weight is 347 g/mol. The minimum atomic E-state index is -0.770. The molecule has 2 atom stereocenters. The minimum absolute atomic E-state index is 0.00197. The van der Waals surface area contributed by atoms with Gasteiger partial charge in [-0.25, -0.2) is 0 Å². The fourth-order valence-electron chi connectivity index (χ4n) is 3.84. The van der Waals surface area contributed by atoms with E-state index in [-0.39, 0.29) is 17.9 Å². The van der Waals surface area contributed by atoms with Gasteiger partial charge < -0.3 is 19.5 Å². The number of amides is 1. The van der Waals surface area contributed by atoms with Crippen LogP contribution in [0.5, 0.6) is 5.75 Å². The molecule has 1 amide bonds. The summed E-state index contributed by atoms with van der Waals surface area (Å²) in [7, 11) is 0. The Balaban J connectivity index is 1.59. The van der Waals surface area contributed by atoms with Gasteiger partial charge in [-0.05, 0) is 50.3 Å². The van der Waals surface area contributed by atoms with Gasteiger partial charge in [-0.3, -0.25) is 9.59 Å². The summed E-state index contributed by atoms with van der Waals surface area (Å²) in [5.41, 5.74) is 0.630. The number of piperidine rings is 1. The molecule has 6 heteroatoms. The van der Waals surface area contributed by atoms with E-state index in [1.165, 1.54) is 0 Å². The molecule has 1 unspecified atom stereocenters. The summed E-state index contributed by atoms with van der Waals surface area (Å²) < 4.78 is 11.1. The van der Waals surface area contributed by atoms with Crippen LogP contribution < -0.4 is 4.74 Å². The second-order valence-electron chi connectivity index (χ2n) is 6.66. The molecule has 0 spiro atoms. The third-order valence-electron chi connectivity index (χ3n) is 5.14. The molecule has 0 bridgehead atoms. The number of carboxylic acids is 1. The SMILES string of the molecule is CCOc1cccc(C(=O)N2CCC([C@@H]3OCCC3C(=O)O)CC2)c1. The Morgan fingerprint density at radius 3 is 2.72 bits per heavy atom. The lowest BCUT2D eigenvalue weighted by molar-refractivity contribution is -0.145. The van der Waals surface area contributed by atoms with Crippen molar-refractivity contribution in [3.05, 3.63) is 29.8 Å². The Kier molecular flexibility index (Phi) is 5.58. The number of hydrogen-bond acceptors (Lipinski definition) is 4. The van der Waals surface area contributed by atoms with Gasteiger partial charge in [-0.15, -0.1) is 0 Å². The molecule has 2 heterocycles. The maximum Gasteiger partial charge on any atom is 0.309 e. The zero-order valence-electron chi connectivity index (χ0n) is 14.5. The van der Waals surface area contributed by atoms with Crippen molar-refractivity contribution in [3.63, 3.8) is 0 Å². The number of nitrogens with zero attached hydrogens (tertiary/aromatic N) is 1. The van der Waals surface area contributed by atoms with Crippen molar-refractivity contribution in [3.8, 4) is 5.75 Å². The van der Waals surface area contributed by atoms with Crippen LogP contribution in [-0.2, 0) is 9.53 Å². The molecule has 1 N–H and O–H groups in total. The van der Waals surface area contributed by atoms with Gasteiger partial charge in [0, 0.05) is 25.3 Å². The monoisotopic (exact) mass is 347 g/mol. The van der Waals surface area contributed by atoms with Crippen molar-refractivity contribution in [2.24, 2.45) is 11.8 Å². The lowest BCUT2D eigenvalue weighted by atomic mass is 9.84. The first-order chi connectivity index (χ1) is 12.1. The highest BCUT2D eigenvalue weighted by atomic mass is 16.5. The largest absolute Gasteiger partial charge is 0.494 e. The Morgan fingerprint density at radius 2 is 2.04 bits per heavy atom. The molecule has 0 radical (unpaired) electrons. The van der Waals surface area contributed by atoms with Crippen molar-refractivity contribution in [2.75, 3.05) is 26.3 Å². The normalized spacial score (nSPS) is 24.3. The molecule has 2 aliphatic heterocycles. The molecular weight excluding hydrogens is 322 g/mol. The van der Waals surface area contributed by atoms with E-state index in [0.717, 1.165) is 12.8 Å². The third kappa shape index (κ3) is 3.95. The molecule has 0 aliphatic carbocycles. The van der Waals surface area contributed by atoms with E-state index in [4.69, 9.17) is 9.47 Å². The average Bonchev–Trinajstić information content (AvgIpc) is 3.12. The number of aliphatic carboxylic acids is 1. The first-order valence-electron chi connectivity index (χ1n) is 8.96. The molecule has 0 saturated carbocycles. The number of carbonyl (C=O) groups excluding carboxylic acids is 1. The number of rotatable bonds is 5. The van der Waals surface area contributed by atoms with Crippen molar-refractivity contribution in [1.82, 2.24) is 4.90 Å². The van der Waals surface area contributed by atoms with Gasteiger partial charge in [-0.2, -0.15) is 0 Å². The first kappa shape index (κ1) is 17.7. The van der Waals surface area contributed by atoms with E-state index in [0.29, 0.717) is 44.0 Å². The van der Waals surface area contributed by atoms with E-state index < -0.39 is 11.9 Å². The van der Waals surface area contributed by atoms with Crippen LogP contribution in [-0.4, -0.2) is 54.3 Å². The zero-order valence-corrected chi connectivity index (χ0v) is 14.5. The highest BCUT2D eigenvalue weighted by Crippen LogP contribution is 2.33. The van der Waals surface area contributed by atoms with Gasteiger partial charge in [0.2, 0.25) is 0 Å². The highest BCUT2D eigenvalue weighted by Gasteiger charge is 2.40. The van der Waals surface area contributed by atoms with Crippen LogP contribution in [0.2, 0.25) is 0 Å². The molecule has 25 heavy (non-hydrogen) atoms. The van der Waals surface area contributed by atoms with Gasteiger partial charge in [0.25, 0.3) is 5.91 Å². The number of carboxylic acid groups (broad SMARTS) is 1. The highest BCUT2D eigenvalue weighted by molar-refractivity contribution is 5.94. The predicted molar refractivity (Wildman–Crippen MR) is 91.7 cm³/mol. The number of hydrogen-bond donors (Lipinski definition) is 1. The first-order valence-corrected chi connectivity index (χ1v) is 8.96. The Labute approximate surface area is 147 Å². The van der Waals surface area contributed by atoms with Crippen LogP contribution in [0.4, 0.5) is 0 Å². The number of carbonyl (C=O) groups is 2. The van der Waals surface area contributed by atoms with Crippen molar-refractivity contribution in [2.45, 2.75) is 32.3 Å². The van der Waals surface area contributed by atoms with E-state index in [1.807, 2.05) is 24.0 Å². The molecule has 2 aliphatic rings. The molecule has 136 valence electrons. The molecular formula is C19H25NO5. The van der Waals surface area contributed by atoms with Crippen LogP contribution in [0.1, 0.15) is 36.5 Å². The molecule has 1 aromatic carbocycles. The topological polar surface area (TPSA) is 76.1 Å². The van der Waals surface area contributed by atoms with E-state index in [1.54, 1.807) is 12.1 Å². The van der Waals surface area contributed by atoms with Crippen molar-refractivity contribution in [1.29, 1.82) is 0 Å². The molecule has 3 rings (SSSR count). The Bertz CT molecular complexity index is 624. The summed E-state index contributed by atoms with van der Waals surface area (Å²) in [5, 5.41) is 9.32. The summed E-state index contributed by atoms with van der Waals surface area (Å²) in [6.07, 6.45) is 1.94. The molecule has 0 aromatic heterocycles. The fraction of sp³-hybridized carbons (Fsp3) is 0.579. The molecule has 2 saturated heterocycles. The maximum atomic E-state index is 12.7. The number of likely N-dealkylation sites (tertiary alicyclic amines) is 1. The molecule has 2 fully saturated rings. The van der Waals surface area contributed by atoms with Gasteiger partial charge in [-0.1, -0.05) is 6.07 Å². The van der Waals surface area contributed by atoms with Crippen LogP contribution in [0.25, 0.3) is 0 Å². The van der Waals surface area contributed by atoms with E-state index in [9.17, 15) is 14.7 Å². The summed E-state index contributed by atoms with van der Waals surface area (Å²) in [5.74, 6) is -0.264. The standard InChI is InChI=1S/C19H25NO5/c1-2-24-15-5-3-4-14(12-15)18(21)20-9-6-13(7-10-20)17-16(19(22)23)8-11-25-17/h3-5,12-13,16-17H,2,6-11H2,1H3,(H,22,23)/t16?,17-/m0/s1. The summed E-state index contributed by atoms with van der Waals surface area (Å²) >= 11 is 0. The summed E-state index contributed by atoms with van der Waals surface area (Å²) in [4.78, 5) is 25.9.